The molecule has 6 heteroatoms. The maximum absolute atomic E-state index is 11.6. The lowest BCUT2D eigenvalue weighted by Crippen LogP contribution is -2.26. The van der Waals surface area contributed by atoms with Crippen LogP contribution in [0.1, 0.15) is 5.69 Å². The predicted octanol–water partition coefficient (Wildman–Crippen LogP) is 2.91. The molecule has 0 unspecified atom stereocenters. The molecule has 1 amide bonds. The van der Waals surface area contributed by atoms with Crippen molar-refractivity contribution in [3.05, 3.63) is 47.0 Å². The Morgan fingerprint density at radius 3 is 3.21 bits per heavy atom. The van der Waals surface area contributed by atoms with Gasteiger partial charge in [-0.15, -0.1) is 11.3 Å². The van der Waals surface area contributed by atoms with E-state index in [0.717, 1.165) is 16.6 Å². The number of thiazole rings is 1. The highest BCUT2D eigenvalue weighted by Gasteiger charge is 2.06. The summed E-state index contributed by atoms with van der Waals surface area (Å²) in [5.41, 5.74) is 3.48. The third-order valence-corrected chi connectivity index (χ3v) is 3.27. The first-order valence-corrected chi connectivity index (χ1v) is 6.65. The Kier molecular flexibility index (Phi) is 3.16. The van der Waals surface area contributed by atoms with Gasteiger partial charge in [-0.25, -0.2) is 9.78 Å². The summed E-state index contributed by atoms with van der Waals surface area (Å²) < 4.78 is 5.20. The topological polar surface area (TPSA) is 67.0 Å². The highest BCUT2D eigenvalue weighted by Crippen LogP contribution is 2.19. The minimum absolute atomic E-state index is 0.368. The lowest BCUT2D eigenvalue weighted by molar-refractivity contribution is 0.200. The average molecular weight is 273 g/mol. The van der Waals surface area contributed by atoms with Gasteiger partial charge in [-0.05, 0) is 23.6 Å². The van der Waals surface area contributed by atoms with Crippen LogP contribution in [0.4, 0.5) is 4.79 Å². The van der Waals surface area contributed by atoms with Crippen LogP contribution in [0.3, 0.4) is 0 Å². The molecule has 1 aromatic carbocycles. The van der Waals surface area contributed by atoms with E-state index in [4.69, 9.17) is 4.74 Å². The Morgan fingerprint density at radius 1 is 1.42 bits per heavy atom. The van der Waals surface area contributed by atoms with Crippen LogP contribution in [0, 0.1) is 0 Å². The van der Waals surface area contributed by atoms with E-state index < -0.39 is 6.09 Å². The first-order valence-electron chi connectivity index (χ1n) is 5.71. The van der Waals surface area contributed by atoms with Crippen LogP contribution in [0.2, 0.25) is 0 Å². The Balaban J connectivity index is 1.62. The number of fused-ring (bicyclic) bond motifs is 1. The van der Waals surface area contributed by atoms with Crippen LogP contribution < -0.4 is 10.1 Å². The normalized spacial score (nSPS) is 10.5. The van der Waals surface area contributed by atoms with E-state index >= 15 is 0 Å². The molecule has 5 nitrogen and oxygen atoms in total. The quantitative estimate of drug-likeness (QED) is 0.771. The number of nitrogens with one attached hydrogen (secondary N) is 2. The molecule has 0 saturated carbocycles. The number of carbonyl (C=O) groups excluding carboxylic acids is 1. The first kappa shape index (κ1) is 11.7. The zero-order valence-electron chi connectivity index (χ0n) is 9.92. The third kappa shape index (κ3) is 2.74. The van der Waals surface area contributed by atoms with E-state index in [1.807, 2.05) is 23.7 Å². The van der Waals surface area contributed by atoms with Crippen molar-refractivity contribution in [3.8, 4) is 5.75 Å². The number of rotatable bonds is 3. The van der Waals surface area contributed by atoms with E-state index in [0.29, 0.717) is 12.3 Å². The van der Waals surface area contributed by atoms with Gasteiger partial charge in [-0.3, -0.25) is 0 Å². The molecular weight excluding hydrogens is 262 g/mol. The predicted molar refractivity (Wildman–Crippen MR) is 73.3 cm³/mol. The van der Waals surface area contributed by atoms with Gasteiger partial charge in [-0.1, -0.05) is 0 Å². The molecule has 0 aliphatic carbocycles. The molecule has 2 heterocycles. The molecular formula is C13H11N3O2S. The summed E-state index contributed by atoms with van der Waals surface area (Å²) in [6, 6.07) is 7.41. The second-order valence-corrected chi connectivity index (χ2v) is 4.67. The number of hydrogen-bond acceptors (Lipinski definition) is 4. The summed E-state index contributed by atoms with van der Waals surface area (Å²) in [6.45, 7) is 0.368. The molecule has 2 N–H and O–H groups in total. The maximum atomic E-state index is 11.6. The van der Waals surface area contributed by atoms with E-state index in [9.17, 15) is 4.79 Å². The van der Waals surface area contributed by atoms with Gasteiger partial charge in [0.15, 0.2) is 0 Å². The molecule has 96 valence electrons. The summed E-state index contributed by atoms with van der Waals surface area (Å²) >= 11 is 1.49. The highest BCUT2D eigenvalue weighted by molar-refractivity contribution is 7.07. The largest absolute Gasteiger partial charge is 0.412 e. The van der Waals surface area contributed by atoms with Gasteiger partial charge in [0.05, 0.1) is 17.7 Å². The summed E-state index contributed by atoms with van der Waals surface area (Å²) in [6.07, 6.45) is 1.36. The van der Waals surface area contributed by atoms with E-state index in [-0.39, 0.29) is 0 Å². The van der Waals surface area contributed by atoms with Gasteiger partial charge in [0.2, 0.25) is 0 Å². The van der Waals surface area contributed by atoms with E-state index in [2.05, 4.69) is 15.3 Å². The Hall–Kier alpha value is -2.34. The molecule has 0 radical (unpaired) electrons. The number of aromatic amines is 1. The number of hydrogen-bond donors (Lipinski definition) is 2. The van der Waals surface area contributed by atoms with Crippen molar-refractivity contribution < 1.29 is 9.53 Å². The fourth-order valence-corrected chi connectivity index (χ4v) is 2.28. The maximum Gasteiger partial charge on any atom is 0.412 e. The number of nitrogens with zero attached hydrogens (tertiary/aromatic N) is 1. The molecule has 0 bridgehead atoms. The van der Waals surface area contributed by atoms with Gasteiger partial charge in [0.1, 0.15) is 5.75 Å². The lowest BCUT2D eigenvalue weighted by Gasteiger charge is -2.05. The summed E-state index contributed by atoms with van der Waals surface area (Å²) in [5.74, 6) is 0.505. The van der Waals surface area contributed by atoms with Crippen molar-refractivity contribution >= 4 is 28.3 Å². The monoisotopic (exact) mass is 273 g/mol. The molecule has 3 aromatic rings. The lowest BCUT2D eigenvalue weighted by atomic mass is 10.2. The summed E-state index contributed by atoms with van der Waals surface area (Å²) in [7, 11) is 0. The number of H-pyrrole nitrogens is 1. The fraction of sp³-hybridized carbons (Fsp3) is 0.0769. The van der Waals surface area contributed by atoms with Crippen molar-refractivity contribution in [3.63, 3.8) is 0 Å². The molecule has 0 saturated heterocycles. The molecule has 3 rings (SSSR count). The second-order valence-electron chi connectivity index (χ2n) is 3.95. The molecule has 0 aliphatic rings. The van der Waals surface area contributed by atoms with Crippen molar-refractivity contribution in [1.29, 1.82) is 0 Å². The van der Waals surface area contributed by atoms with Gasteiger partial charge >= 0.3 is 6.09 Å². The molecule has 0 fully saturated rings. The van der Waals surface area contributed by atoms with Crippen LogP contribution >= 0.6 is 11.3 Å². The Labute approximate surface area is 113 Å². The van der Waals surface area contributed by atoms with Gasteiger partial charge < -0.3 is 15.0 Å². The Bertz CT molecular complexity index is 691. The van der Waals surface area contributed by atoms with Crippen LogP contribution in [0.25, 0.3) is 10.9 Å². The zero-order valence-corrected chi connectivity index (χ0v) is 10.7. The minimum Gasteiger partial charge on any atom is -0.410 e. The first-order chi connectivity index (χ1) is 9.31. The number of carbonyl (C=O) groups is 1. The van der Waals surface area contributed by atoms with Gasteiger partial charge in [0.25, 0.3) is 0 Å². The number of ether oxygens (including phenoxy) is 1. The van der Waals surface area contributed by atoms with E-state index in [1.54, 1.807) is 17.6 Å². The third-order valence-electron chi connectivity index (χ3n) is 2.63. The van der Waals surface area contributed by atoms with Gasteiger partial charge in [-0.2, -0.15) is 0 Å². The van der Waals surface area contributed by atoms with E-state index in [1.165, 1.54) is 11.3 Å². The second kappa shape index (κ2) is 5.11. The highest BCUT2D eigenvalue weighted by atomic mass is 32.1. The summed E-state index contributed by atoms with van der Waals surface area (Å²) in [4.78, 5) is 18.8. The SMILES string of the molecule is O=C(NCc1cscn1)Oc1ccc2cc[nH]c2c1. The van der Waals surface area contributed by atoms with Crippen LogP contribution in [0.15, 0.2) is 41.4 Å². The van der Waals surface area contributed by atoms with Crippen molar-refractivity contribution in [1.82, 2.24) is 15.3 Å². The van der Waals surface area contributed by atoms with Crippen molar-refractivity contribution in [2.45, 2.75) is 6.54 Å². The average Bonchev–Trinajstić information content (AvgIpc) is 3.07. The molecule has 0 atom stereocenters. The van der Waals surface area contributed by atoms with Gasteiger partial charge in [0, 0.05) is 23.2 Å². The fourth-order valence-electron chi connectivity index (χ4n) is 1.72. The van der Waals surface area contributed by atoms with Crippen LogP contribution in [-0.4, -0.2) is 16.1 Å². The van der Waals surface area contributed by atoms with Crippen molar-refractivity contribution in [2.24, 2.45) is 0 Å². The van der Waals surface area contributed by atoms with Crippen LogP contribution in [-0.2, 0) is 6.54 Å². The van der Waals surface area contributed by atoms with Crippen LogP contribution in [0.5, 0.6) is 5.75 Å². The zero-order chi connectivity index (χ0) is 13.1. The minimum atomic E-state index is -0.487. The Morgan fingerprint density at radius 2 is 2.37 bits per heavy atom. The number of aromatic nitrogens is 2. The number of amides is 1. The standard InChI is InChI=1S/C13H11N3O2S/c17-13(15-6-10-7-19-8-16-10)18-11-2-1-9-3-4-14-12(9)5-11/h1-5,7-8,14H,6H2,(H,15,17). The molecule has 0 spiro atoms. The summed E-state index contributed by atoms with van der Waals surface area (Å²) in [5, 5.41) is 5.61. The number of benzene rings is 1. The van der Waals surface area contributed by atoms with Crippen molar-refractivity contribution in [2.75, 3.05) is 0 Å². The molecule has 0 aliphatic heterocycles. The smallest absolute Gasteiger partial charge is 0.410 e. The molecule has 2 aromatic heterocycles. The molecule has 19 heavy (non-hydrogen) atoms.